The summed E-state index contributed by atoms with van der Waals surface area (Å²) in [5.41, 5.74) is 2.65. The summed E-state index contributed by atoms with van der Waals surface area (Å²) in [5.74, 6) is -0.212. The molecule has 0 aliphatic carbocycles. The second kappa shape index (κ2) is 5.94. The zero-order valence-electron chi connectivity index (χ0n) is 11.6. The molecule has 1 heterocycles. The van der Waals surface area contributed by atoms with Gasteiger partial charge in [0.25, 0.3) is 5.91 Å². The Kier molecular flexibility index (Phi) is 3.67. The van der Waals surface area contributed by atoms with Crippen molar-refractivity contribution in [3.63, 3.8) is 0 Å². The maximum atomic E-state index is 12.1. The lowest BCUT2D eigenvalue weighted by Crippen LogP contribution is -2.11. The van der Waals surface area contributed by atoms with E-state index in [0.29, 0.717) is 16.8 Å². The minimum absolute atomic E-state index is 0.212. The van der Waals surface area contributed by atoms with E-state index < -0.39 is 0 Å². The number of rotatable bonds is 3. The van der Waals surface area contributed by atoms with Gasteiger partial charge in [-0.15, -0.1) is 0 Å². The SMILES string of the molecule is N#Cc1ccc(C(=O)Nc2ccc(-n3cccn3)cc2)cc1. The standard InChI is InChI=1S/C17H12N4O/c18-12-13-2-4-14(5-3-13)17(22)20-15-6-8-16(9-7-15)21-11-1-10-19-21/h1-11H,(H,20,22). The number of nitriles is 1. The third-order valence-corrected chi connectivity index (χ3v) is 3.17. The number of carbonyl (C=O) groups excluding carboxylic acids is 1. The summed E-state index contributed by atoms with van der Waals surface area (Å²) in [6.45, 7) is 0. The molecule has 1 N–H and O–H groups in total. The Hall–Kier alpha value is -3.39. The van der Waals surface area contributed by atoms with Gasteiger partial charge < -0.3 is 5.32 Å². The first-order valence-corrected chi connectivity index (χ1v) is 6.68. The Morgan fingerprint density at radius 3 is 2.41 bits per heavy atom. The van der Waals surface area contributed by atoms with Crippen LogP contribution in [0.1, 0.15) is 15.9 Å². The largest absolute Gasteiger partial charge is 0.322 e. The summed E-state index contributed by atoms with van der Waals surface area (Å²) in [7, 11) is 0. The van der Waals surface area contributed by atoms with Crippen molar-refractivity contribution >= 4 is 11.6 Å². The van der Waals surface area contributed by atoms with E-state index >= 15 is 0 Å². The van der Waals surface area contributed by atoms with Crippen LogP contribution < -0.4 is 5.32 Å². The Morgan fingerprint density at radius 1 is 1.09 bits per heavy atom. The molecule has 2 aromatic carbocycles. The van der Waals surface area contributed by atoms with E-state index in [-0.39, 0.29) is 5.91 Å². The van der Waals surface area contributed by atoms with Crippen LogP contribution in [0.15, 0.2) is 67.0 Å². The Labute approximate surface area is 127 Å². The minimum atomic E-state index is -0.212. The van der Waals surface area contributed by atoms with E-state index in [0.717, 1.165) is 5.69 Å². The monoisotopic (exact) mass is 288 g/mol. The normalized spacial score (nSPS) is 9.95. The number of nitrogens with zero attached hydrogens (tertiary/aromatic N) is 3. The quantitative estimate of drug-likeness (QED) is 0.805. The van der Waals surface area contributed by atoms with Gasteiger partial charge in [0.15, 0.2) is 0 Å². The van der Waals surface area contributed by atoms with Gasteiger partial charge in [-0.25, -0.2) is 4.68 Å². The fraction of sp³-hybridized carbons (Fsp3) is 0. The van der Waals surface area contributed by atoms with Gasteiger partial charge in [-0.05, 0) is 54.6 Å². The van der Waals surface area contributed by atoms with Crippen LogP contribution in [0, 0.1) is 11.3 Å². The van der Waals surface area contributed by atoms with Gasteiger partial charge >= 0.3 is 0 Å². The first-order valence-electron chi connectivity index (χ1n) is 6.68. The van der Waals surface area contributed by atoms with Crippen molar-refractivity contribution in [2.45, 2.75) is 0 Å². The van der Waals surface area contributed by atoms with Crippen LogP contribution >= 0.6 is 0 Å². The molecular formula is C17H12N4O. The molecule has 0 aliphatic rings. The second-order valence-electron chi connectivity index (χ2n) is 4.64. The van der Waals surface area contributed by atoms with Gasteiger partial charge in [-0.3, -0.25) is 4.79 Å². The predicted molar refractivity (Wildman–Crippen MR) is 82.7 cm³/mol. The molecule has 0 fully saturated rings. The predicted octanol–water partition coefficient (Wildman–Crippen LogP) is 3.00. The molecule has 0 bridgehead atoms. The van der Waals surface area contributed by atoms with E-state index in [9.17, 15) is 4.79 Å². The maximum absolute atomic E-state index is 12.1. The van der Waals surface area contributed by atoms with E-state index in [2.05, 4.69) is 10.4 Å². The molecule has 1 amide bonds. The smallest absolute Gasteiger partial charge is 0.255 e. The number of anilines is 1. The molecule has 0 aliphatic heterocycles. The molecule has 3 rings (SSSR count). The third kappa shape index (κ3) is 2.86. The number of nitrogens with one attached hydrogen (secondary N) is 1. The highest BCUT2D eigenvalue weighted by Gasteiger charge is 2.06. The van der Waals surface area contributed by atoms with Gasteiger partial charge in [-0.2, -0.15) is 10.4 Å². The molecule has 1 aromatic heterocycles. The molecule has 0 saturated carbocycles. The van der Waals surface area contributed by atoms with Crippen molar-refractivity contribution < 1.29 is 4.79 Å². The lowest BCUT2D eigenvalue weighted by atomic mass is 10.1. The zero-order valence-corrected chi connectivity index (χ0v) is 11.6. The van der Waals surface area contributed by atoms with E-state index in [1.54, 1.807) is 35.1 Å². The molecular weight excluding hydrogens is 276 g/mol. The Bertz CT molecular complexity index is 813. The number of aromatic nitrogens is 2. The summed E-state index contributed by atoms with van der Waals surface area (Å²) in [4.78, 5) is 12.1. The van der Waals surface area contributed by atoms with Crippen molar-refractivity contribution in [1.82, 2.24) is 9.78 Å². The number of hydrogen-bond donors (Lipinski definition) is 1. The fourth-order valence-electron chi connectivity index (χ4n) is 2.02. The van der Waals surface area contributed by atoms with Gasteiger partial charge in [0.1, 0.15) is 0 Å². The maximum Gasteiger partial charge on any atom is 0.255 e. The molecule has 3 aromatic rings. The average molecular weight is 288 g/mol. The molecule has 5 nitrogen and oxygen atoms in total. The summed E-state index contributed by atoms with van der Waals surface area (Å²) in [5, 5.41) is 15.7. The van der Waals surface area contributed by atoms with Gasteiger partial charge in [0.05, 0.1) is 17.3 Å². The molecule has 0 saturated heterocycles. The Morgan fingerprint density at radius 2 is 1.82 bits per heavy atom. The molecule has 5 heteroatoms. The fourth-order valence-corrected chi connectivity index (χ4v) is 2.02. The summed E-state index contributed by atoms with van der Waals surface area (Å²) < 4.78 is 1.74. The van der Waals surface area contributed by atoms with Crippen LogP contribution in [-0.2, 0) is 0 Å². The highest BCUT2D eigenvalue weighted by molar-refractivity contribution is 6.04. The topological polar surface area (TPSA) is 70.7 Å². The molecule has 0 unspecified atom stereocenters. The first-order chi connectivity index (χ1) is 10.8. The lowest BCUT2D eigenvalue weighted by Gasteiger charge is -2.07. The van der Waals surface area contributed by atoms with Gasteiger partial charge in [0.2, 0.25) is 0 Å². The molecule has 0 radical (unpaired) electrons. The van der Waals surface area contributed by atoms with Crippen LogP contribution in [0.2, 0.25) is 0 Å². The van der Waals surface area contributed by atoms with Gasteiger partial charge in [-0.1, -0.05) is 0 Å². The second-order valence-corrected chi connectivity index (χ2v) is 4.64. The molecule has 0 spiro atoms. The Balaban J connectivity index is 1.72. The van der Waals surface area contributed by atoms with Crippen LogP contribution in [0.4, 0.5) is 5.69 Å². The summed E-state index contributed by atoms with van der Waals surface area (Å²) >= 11 is 0. The van der Waals surface area contributed by atoms with E-state index in [1.807, 2.05) is 42.6 Å². The number of hydrogen-bond acceptors (Lipinski definition) is 3. The van der Waals surface area contributed by atoms with Crippen molar-refractivity contribution in [2.24, 2.45) is 0 Å². The first kappa shape index (κ1) is 13.6. The minimum Gasteiger partial charge on any atom is -0.322 e. The third-order valence-electron chi connectivity index (χ3n) is 3.17. The van der Waals surface area contributed by atoms with Crippen molar-refractivity contribution in [1.29, 1.82) is 5.26 Å². The lowest BCUT2D eigenvalue weighted by molar-refractivity contribution is 0.102. The highest BCUT2D eigenvalue weighted by Crippen LogP contribution is 2.14. The van der Waals surface area contributed by atoms with Crippen molar-refractivity contribution in [3.8, 4) is 11.8 Å². The van der Waals surface area contributed by atoms with Crippen LogP contribution in [0.3, 0.4) is 0 Å². The van der Waals surface area contributed by atoms with Crippen LogP contribution in [0.25, 0.3) is 5.69 Å². The van der Waals surface area contributed by atoms with Crippen LogP contribution in [-0.4, -0.2) is 15.7 Å². The van der Waals surface area contributed by atoms with Crippen LogP contribution in [0.5, 0.6) is 0 Å². The highest BCUT2D eigenvalue weighted by atomic mass is 16.1. The van der Waals surface area contributed by atoms with Gasteiger partial charge in [0, 0.05) is 23.6 Å². The molecule has 0 atom stereocenters. The van der Waals surface area contributed by atoms with E-state index in [1.165, 1.54) is 0 Å². The number of amides is 1. The van der Waals surface area contributed by atoms with Crippen molar-refractivity contribution in [3.05, 3.63) is 78.1 Å². The average Bonchev–Trinajstić information content (AvgIpc) is 3.10. The van der Waals surface area contributed by atoms with Crippen molar-refractivity contribution in [2.75, 3.05) is 5.32 Å². The molecule has 106 valence electrons. The number of benzene rings is 2. The summed E-state index contributed by atoms with van der Waals surface area (Å²) in [6, 6.07) is 17.8. The van der Waals surface area contributed by atoms with E-state index in [4.69, 9.17) is 5.26 Å². The molecule has 22 heavy (non-hydrogen) atoms. The number of carbonyl (C=O) groups is 1. The zero-order chi connectivity index (χ0) is 15.4. The summed E-state index contributed by atoms with van der Waals surface area (Å²) in [6.07, 6.45) is 3.56.